The SMILES string of the molecule is COCC(C)n1c(=O)c2c(-c3noc(C4CC4C)n3)ncn2c2ccc(F)c(C#N)c21. The van der Waals surface area contributed by atoms with Gasteiger partial charge in [-0.2, -0.15) is 10.2 Å². The normalized spacial score (nSPS) is 19.1. The van der Waals surface area contributed by atoms with Gasteiger partial charge in [0.1, 0.15) is 35.0 Å². The molecule has 158 valence electrons. The quantitative estimate of drug-likeness (QED) is 0.486. The van der Waals surface area contributed by atoms with E-state index in [4.69, 9.17) is 9.26 Å². The Balaban J connectivity index is 1.83. The van der Waals surface area contributed by atoms with E-state index in [0.29, 0.717) is 17.3 Å². The van der Waals surface area contributed by atoms with Crippen molar-refractivity contribution >= 4 is 16.6 Å². The van der Waals surface area contributed by atoms with Crippen LogP contribution in [0.15, 0.2) is 27.8 Å². The summed E-state index contributed by atoms with van der Waals surface area (Å²) in [6.45, 7) is 4.07. The first-order chi connectivity index (χ1) is 15.0. The fourth-order valence-electron chi connectivity index (χ4n) is 4.10. The van der Waals surface area contributed by atoms with Gasteiger partial charge < -0.3 is 9.26 Å². The number of benzene rings is 1. The third-order valence-electron chi connectivity index (χ3n) is 5.84. The molecular weight excluding hydrogens is 403 g/mol. The highest BCUT2D eigenvalue weighted by molar-refractivity contribution is 5.87. The van der Waals surface area contributed by atoms with E-state index < -0.39 is 17.4 Å². The van der Waals surface area contributed by atoms with Crippen molar-refractivity contribution in [2.75, 3.05) is 13.7 Å². The van der Waals surface area contributed by atoms with Gasteiger partial charge in [0.05, 0.1) is 23.7 Å². The smallest absolute Gasteiger partial charge is 0.278 e. The maximum atomic E-state index is 14.4. The Morgan fingerprint density at radius 3 is 2.87 bits per heavy atom. The molecule has 1 aromatic carbocycles. The molecule has 1 fully saturated rings. The topological polar surface area (TPSA) is 111 Å². The second-order valence-corrected chi connectivity index (χ2v) is 7.97. The average molecular weight is 422 g/mol. The molecule has 3 unspecified atom stereocenters. The minimum atomic E-state index is -0.700. The number of halogens is 1. The lowest BCUT2D eigenvalue weighted by Gasteiger charge is -2.19. The van der Waals surface area contributed by atoms with E-state index in [-0.39, 0.29) is 40.6 Å². The number of methoxy groups -OCH3 is 1. The van der Waals surface area contributed by atoms with E-state index in [0.717, 1.165) is 6.42 Å². The van der Waals surface area contributed by atoms with E-state index >= 15 is 0 Å². The van der Waals surface area contributed by atoms with Crippen molar-refractivity contribution in [1.82, 2.24) is 24.1 Å². The van der Waals surface area contributed by atoms with Gasteiger partial charge >= 0.3 is 0 Å². The van der Waals surface area contributed by atoms with Crippen molar-refractivity contribution in [3.05, 3.63) is 46.1 Å². The zero-order chi connectivity index (χ0) is 21.9. The Kier molecular flexibility index (Phi) is 4.37. The van der Waals surface area contributed by atoms with E-state index in [1.807, 2.05) is 6.07 Å². The number of aromatic nitrogens is 5. The van der Waals surface area contributed by atoms with E-state index in [2.05, 4.69) is 22.0 Å². The third kappa shape index (κ3) is 2.84. The summed E-state index contributed by atoms with van der Waals surface area (Å²) in [5, 5.41) is 13.6. The van der Waals surface area contributed by atoms with Crippen LogP contribution in [0.2, 0.25) is 0 Å². The first-order valence-corrected chi connectivity index (χ1v) is 9.93. The minimum absolute atomic E-state index is 0.189. The van der Waals surface area contributed by atoms with Crippen LogP contribution in [0.1, 0.15) is 43.7 Å². The zero-order valence-electron chi connectivity index (χ0n) is 17.2. The van der Waals surface area contributed by atoms with Gasteiger partial charge in [0, 0.05) is 13.0 Å². The van der Waals surface area contributed by atoms with Crippen LogP contribution in [-0.4, -0.2) is 37.8 Å². The van der Waals surface area contributed by atoms with Crippen LogP contribution in [0.3, 0.4) is 0 Å². The Hall–Kier alpha value is -3.58. The lowest BCUT2D eigenvalue weighted by atomic mass is 10.1. The number of hydrogen-bond donors (Lipinski definition) is 0. The number of fused-ring (bicyclic) bond motifs is 3. The van der Waals surface area contributed by atoms with Crippen LogP contribution >= 0.6 is 0 Å². The summed E-state index contributed by atoms with van der Waals surface area (Å²) in [4.78, 5) is 22.5. The molecule has 4 aromatic rings. The summed E-state index contributed by atoms with van der Waals surface area (Å²) in [7, 11) is 1.51. The van der Waals surface area contributed by atoms with Gasteiger partial charge in [-0.05, 0) is 31.4 Å². The molecule has 0 saturated heterocycles. The zero-order valence-corrected chi connectivity index (χ0v) is 17.2. The average Bonchev–Trinajstić information content (AvgIpc) is 3.14. The molecule has 0 N–H and O–H groups in total. The Bertz CT molecular complexity index is 1430. The molecule has 1 aliphatic rings. The molecule has 0 aliphatic heterocycles. The van der Waals surface area contributed by atoms with Gasteiger partial charge in [-0.15, -0.1) is 0 Å². The molecule has 0 radical (unpaired) electrons. The number of ether oxygens (including phenoxy) is 1. The summed E-state index contributed by atoms with van der Waals surface area (Å²) >= 11 is 0. The number of rotatable bonds is 5. The van der Waals surface area contributed by atoms with Crippen molar-refractivity contribution in [2.24, 2.45) is 5.92 Å². The summed E-state index contributed by atoms with van der Waals surface area (Å²) in [6, 6.07) is 4.15. The van der Waals surface area contributed by atoms with Crippen LogP contribution < -0.4 is 5.56 Å². The molecular formula is C21H19FN6O3. The minimum Gasteiger partial charge on any atom is -0.383 e. The van der Waals surface area contributed by atoms with Crippen molar-refractivity contribution in [2.45, 2.75) is 32.2 Å². The first kappa shape index (κ1) is 19.4. The maximum Gasteiger partial charge on any atom is 0.278 e. The van der Waals surface area contributed by atoms with Crippen LogP contribution in [0.5, 0.6) is 0 Å². The fourth-order valence-corrected chi connectivity index (χ4v) is 4.10. The molecule has 3 heterocycles. The van der Waals surface area contributed by atoms with Crippen molar-refractivity contribution < 1.29 is 13.7 Å². The highest BCUT2D eigenvalue weighted by atomic mass is 19.1. The van der Waals surface area contributed by atoms with Crippen molar-refractivity contribution in [3.8, 4) is 17.6 Å². The van der Waals surface area contributed by atoms with Gasteiger partial charge in [-0.3, -0.25) is 13.8 Å². The number of imidazole rings is 1. The Labute approximate surface area is 175 Å². The molecule has 0 spiro atoms. The number of nitrogens with zero attached hydrogens (tertiary/aromatic N) is 6. The standard InChI is InChI=1S/C21H19FN6O3/c1-10-6-12(10)20-25-19(26-31-20)16-18-21(29)28(11(2)8-30-3)17-13(7-23)14(22)4-5-15(17)27(18)9-24-16/h4-5,9-12H,6,8H2,1-3H3. The van der Waals surface area contributed by atoms with E-state index in [9.17, 15) is 14.4 Å². The molecule has 10 heteroatoms. The molecule has 31 heavy (non-hydrogen) atoms. The van der Waals surface area contributed by atoms with Gasteiger partial charge in [0.15, 0.2) is 0 Å². The largest absolute Gasteiger partial charge is 0.383 e. The van der Waals surface area contributed by atoms with Gasteiger partial charge in [-0.1, -0.05) is 12.1 Å². The fraction of sp³-hybridized carbons (Fsp3) is 0.381. The van der Waals surface area contributed by atoms with Crippen LogP contribution in [0.4, 0.5) is 4.39 Å². The molecule has 0 bridgehead atoms. The Morgan fingerprint density at radius 1 is 1.42 bits per heavy atom. The second kappa shape index (κ2) is 6.99. The van der Waals surface area contributed by atoms with Gasteiger partial charge in [0.25, 0.3) is 5.56 Å². The van der Waals surface area contributed by atoms with E-state index in [1.165, 1.54) is 30.1 Å². The van der Waals surface area contributed by atoms with Crippen LogP contribution in [0.25, 0.3) is 28.1 Å². The van der Waals surface area contributed by atoms with Crippen molar-refractivity contribution in [3.63, 3.8) is 0 Å². The highest BCUT2D eigenvalue weighted by Crippen LogP contribution is 2.46. The third-order valence-corrected chi connectivity index (χ3v) is 5.84. The summed E-state index contributed by atoms with van der Waals surface area (Å²) in [6.07, 6.45) is 2.44. The highest BCUT2D eigenvalue weighted by Gasteiger charge is 2.39. The van der Waals surface area contributed by atoms with E-state index in [1.54, 1.807) is 11.3 Å². The molecule has 3 aromatic heterocycles. The second-order valence-electron chi connectivity index (χ2n) is 7.97. The molecule has 5 rings (SSSR count). The predicted octanol–water partition coefficient (Wildman–Crippen LogP) is 3.04. The van der Waals surface area contributed by atoms with Crippen LogP contribution in [0, 0.1) is 23.1 Å². The van der Waals surface area contributed by atoms with Gasteiger partial charge in [0.2, 0.25) is 11.7 Å². The molecule has 1 saturated carbocycles. The molecule has 3 atom stereocenters. The summed E-state index contributed by atoms with van der Waals surface area (Å²) < 4.78 is 28.0. The molecule has 1 aliphatic carbocycles. The van der Waals surface area contributed by atoms with Crippen LogP contribution in [-0.2, 0) is 4.74 Å². The molecule has 9 nitrogen and oxygen atoms in total. The monoisotopic (exact) mass is 422 g/mol. The summed E-state index contributed by atoms with van der Waals surface area (Å²) in [5.41, 5.74) is 0.499. The number of nitriles is 1. The first-order valence-electron chi connectivity index (χ1n) is 9.93. The Morgan fingerprint density at radius 2 is 2.19 bits per heavy atom. The lowest BCUT2D eigenvalue weighted by Crippen LogP contribution is -2.28. The summed E-state index contributed by atoms with van der Waals surface area (Å²) in [5.74, 6) is 0.777. The predicted molar refractivity (Wildman–Crippen MR) is 108 cm³/mol. The van der Waals surface area contributed by atoms with Crippen molar-refractivity contribution in [1.29, 1.82) is 5.26 Å². The number of hydrogen-bond acceptors (Lipinski definition) is 7. The molecule has 0 amide bonds. The van der Waals surface area contributed by atoms with Gasteiger partial charge in [-0.25, -0.2) is 9.37 Å². The lowest BCUT2D eigenvalue weighted by molar-refractivity contribution is 0.162. The maximum absolute atomic E-state index is 14.4.